The second kappa shape index (κ2) is 8.39. The minimum absolute atomic E-state index is 0.0462. The summed E-state index contributed by atoms with van der Waals surface area (Å²) in [5.74, 6) is 1.10. The topological polar surface area (TPSA) is 50.8 Å². The molecule has 2 aromatic rings. The van der Waals surface area contributed by atoms with Gasteiger partial charge in [-0.2, -0.15) is 0 Å². The zero-order chi connectivity index (χ0) is 19.4. The van der Waals surface area contributed by atoms with Gasteiger partial charge in [0.2, 0.25) is 5.91 Å². The molecule has 0 unspecified atom stereocenters. The van der Waals surface area contributed by atoms with Gasteiger partial charge in [-0.25, -0.2) is 4.39 Å². The van der Waals surface area contributed by atoms with Crippen molar-refractivity contribution in [3.8, 4) is 11.5 Å². The molecule has 3 rings (SSSR count). The van der Waals surface area contributed by atoms with Crippen molar-refractivity contribution in [3.63, 3.8) is 0 Å². The molecule has 1 atom stereocenters. The first-order chi connectivity index (χ1) is 13.0. The molecule has 0 aromatic heterocycles. The molecule has 0 spiro atoms. The van der Waals surface area contributed by atoms with Crippen molar-refractivity contribution in [2.75, 3.05) is 27.3 Å². The molecule has 1 aliphatic heterocycles. The van der Waals surface area contributed by atoms with Gasteiger partial charge in [-0.3, -0.25) is 9.69 Å². The number of benzene rings is 2. The van der Waals surface area contributed by atoms with Crippen molar-refractivity contribution in [1.29, 1.82) is 0 Å². The van der Waals surface area contributed by atoms with Crippen LogP contribution in [0.15, 0.2) is 36.4 Å². The van der Waals surface area contributed by atoms with Crippen LogP contribution in [0.25, 0.3) is 0 Å². The van der Waals surface area contributed by atoms with Crippen LogP contribution in [-0.2, 0) is 17.8 Å². The summed E-state index contributed by atoms with van der Waals surface area (Å²) in [7, 11) is 3.26. The van der Waals surface area contributed by atoms with E-state index in [1.54, 1.807) is 26.4 Å². The first kappa shape index (κ1) is 19.2. The molecule has 2 aromatic carbocycles. The zero-order valence-electron chi connectivity index (χ0n) is 15.9. The first-order valence-electron chi connectivity index (χ1n) is 9.01. The maximum Gasteiger partial charge on any atom is 0.234 e. The summed E-state index contributed by atoms with van der Waals surface area (Å²) in [5, 5.41) is 2.90. The lowest BCUT2D eigenvalue weighted by molar-refractivity contribution is -0.123. The van der Waals surface area contributed by atoms with Gasteiger partial charge in [0, 0.05) is 19.1 Å². The second-order valence-corrected chi connectivity index (χ2v) is 6.71. The maximum atomic E-state index is 12.9. The van der Waals surface area contributed by atoms with Crippen LogP contribution < -0.4 is 14.8 Å². The Morgan fingerprint density at radius 1 is 1.19 bits per heavy atom. The van der Waals surface area contributed by atoms with Gasteiger partial charge in [-0.05, 0) is 54.3 Å². The van der Waals surface area contributed by atoms with Gasteiger partial charge < -0.3 is 14.8 Å². The SMILES string of the molecule is COc1cc2c(cc1OC)[C@H](C)N(CC(=O)NCc1ccc(F)cc1)CC2. The Bertz CT molecular complexity index is 808. The summed E-state index contributed by atoms with van der Waals surface area (Å²) in [6.07, 6.45) is 0.852. The van der Waals surface area contributed by atoms with Gasteiger partial charge in [-0.1, -0.05) is 12.1 Å². The first-order valence-corrected chi connectivity index (χ1v) is 9.01. The third-order valence-corrected chi connectivity index (χ3v) is 5.06. The van der Waals surface area contributed by atoms with Crippen LogP contribution in [0.4, 0.5) is 4.39 Å². The highest BCUT2D eigenvalue weighted by molar-refractivity contribution is 5.78. The van der Waals surface area contributed by atoms with Gasteiger partial charge in [0.1, 0.15) is 5.82 Å². The lowest BCUT2D eigenvalue weighted by Gasteiger charge is -2.35. The molecule has 1 amide bonds. The quantitative estimate of drug-likeness (QED) is 0.847. The number of halogens is 1. The highest BCUT2D eigenvalue weighted by Crippen LogP contribution is 2.37. The Labute approximate surface area is 159 Å². The Kier molecular flexibility index (Phi) is 5.96. The average molecular weight is 372 g/mol. The summed E-state index contributed by atoms with van der Waals surface area (Å²) < 4.78 is 23.7. The standard InChI is InChI=1S/C21H25FN2O3/c1-14-18-11-20(27-3)19(26-2)10-16(18)8-9-24(14)13-21(25)23-12-15-4-6-17(22)7-5-15/h4-7,10-11,14H,8-9,12-13H2,1-3H3,(H,23,25)/t14-/m0/s1. The van der Waals surface area contributed by atoms with Crippen molar-refractivity contribution in [2.24, 2.45) is 0 Å². The fourth-order valence-corrected chi connectivity index (χ4v) is 3.46. The monoisotopic (exact) mass is 372 g/mol. The molecule has 6 heteroatoms. The number of carbonyl (C=O) groups excluding carboxylic acids is 1. The summed E-state index contributed by atoms with van der Waals surface area (Å²) in [4.78, 5) is 14.5. The maximum absolute atomic E-state index is 12.9. The second-order valence-electron chi connectivity index (χ2n) is 6.71. The number of fused-ring (bicyclic) bond motifs is 1. The van der Waals surface area contributed by atoms with E-state index >= 15 is 0 Å². The number of nitrogens with zero attached hydrogens (tertiary/aromatic N) is 1. The molecule has 0 fully saturated rings. The van der Waals surface area contributed by atoms with Crippen LogP contribution in [0, 0.1) is 5.82 Å². The van der Waals surface area contributed by atoms with Crippen molar-refractivity contribution in [3.05, 3.63) is 58.9 Å². The predicted octanol–water partition coefficient (Wildman–Crippen LogP) is 3.08. The number of hydrogen-bond donors (Lipinski definition) is 1. The van der Waals surface area contributed by atoms with Crippen LogP contribution >= 0.6 is 0 Å². The molecule has 0 aliphatic carbocycles. The molecule has 5 nitrogen and oxygen atoms in total. The minimum atomic E-state index is -0.280. The minimum Gasteiger partial charge on any atom is -0.493 e. The normalized spacial score (nSPS) is 16.5. The van der Waals surface area contributed by atoms with Gasteiger partial charge in [0.05, 0.1) is 20.8 Å². The Morgan fingerprint density at radius 3 is 2.52 bits per heavy atom. The Morgan fingerprint density at radius 2 is 1.85 bits per heavy atom. The average Bonchev–Trinajstić information content (AvgIpc) is 2.69. The van der Waals surface area contributed by atoms with E-state index in [1.165, 1.54) is 17.7 Å². The summed E-state index contributed by atoms with van der Waals surface area (Å²) >= 11 is 0. The van der Waals surface area contributed by atoms with E-state index < -0.39 is 0 Å². The molecule has 1 N–H and O–H groups in total. The summed E-state index contributed by atoms with van der Waals surface area (Å²) in [6.45, 7) is 3.60. The predicted molar refractivity (Wildman–Crippen MR) is 101 cm³/mol. The number of ether oxygens (including phenoxy) is 2. The van der Waals surface area contributed by atoms with Gasteiger partial charge >= 0.3 is 0 Å². The van der Waals surface area contributed by atoms with Crippen LogP contribution in [0.2, 0.25) is 0 Å². The van der Waals surface area contributed by atoms with Crippen molar-refractivity contribution >= 4 is 5.91 Å². The van der Waals surface area contributed by atoms with E-state index in [2.05, 4.69) is 17.1 Å². The fourth-order valence-electron chi connectivity index (χ4n) is 3.46. The lowest BCUT2D eigenvalue weighted by atomic mass is 9.93. The van der Waals surface area contributed by atoms with E-state index in [1.807, 2.05) is 12.1 Å². The van der Waals surface area contributed by atoms with Gasteiger partial charge in [0.25, 0.3) is 0 Å². The van der Waals surface area contributed by atoms with Crippen LogP contribution in [0.1, 0.15) is 29.7 Å². The number of rotatable bonds is 6. The van der Waals surface area contributed by atoms with E-state index in [0.717, 1.165) is 29.8 Å². The molecule has 1 heterocycles. The van der Waals surface area contributed by atoms with Crippen molar-refractivity contribution in [1.82, 2.24) is 10.2 Å². The molecule has 0 saturated carbocycles. The highest BCUT2D eigenvalue weighted by atomic mass is 19.1. The van der Waals surface area contributed by atoms with Crippen LogP contribution in [0.3, 0.4) is 0 Å². The van der Waals surface area contributed by atoms with Gasteiger partial charge in [0.15, 0.2) is 11.5 Å². The van der Waals surface area contributed by atoms with Crippen LogP contribution in [-0.4, -0.2) is 38.1 Å². The molecule has 1 aliphatic rings. The molecule has 144 valence electrons. The number of hydrogen-bond acceptors (Lipinski definition) is 4. The van der Waals surface area contributed by atoms with Crippen molar-refractivity contribution in [2.45, 2.75) is 25.9 Å². The third-order valence-electron chi connectivity index (χ3n) is 5.06. The zero-order valence-corrected chi connectivity index (χ0v) is 15.9. The molecule has 0 radical (unpaired) electrons. The number of amides is 1. The lowest BCUT2D eigenvalue weighted by Crippen LogP contribution is -2.41. The van der Waals surface area contributed by atoms with Crippen LogP contribution in [0.5, 0.6) is 11.5 Å². The Balaban J connectivity index is 1.63. The highest BCUT2D eigenvalue weighted by Gasteiger charge is 2.27. The third kappa shape index (κ3) is 4.39. The molecular weight excluding hydrogens is 347 g/mol. The van der Waals surface area contributed by atoms with Gasteiger partial charge in [-0.15, -0.1) is 0 Å². The number of carbonyl (C=O) groups is 1. The fraction of sp³-hybridized carbons (Fsp3) is 0.381. The number of nitrogens with one attached hydrogen (secondary N) is 1. The smallest absolute Gasteiger partial charge is 0.234 e. The molecular formula is C21H25FN2O3. The summed E-state index contributed by atoms with van der Waals surface area (Å²) in [5.41, 5.74) is 3.26. The van der Waals surface area contributed by atoms with E-state index in [-0.39, 0.29) is 17.8 Å². The largest absolute Gasteiger partial charge is 0.493 e. The molecule has 0 bridgehead atoms. The molecule has 0 saturated heterocycles. The molecule has 27 heavy (non-hydrogen) atoms. The van der Waals surface area contributed by atoms with E-state index in [4.69, 9.17) is 9.47 Å². The Hall–Kier alpha value is -2.60. The summed E-state index contributed by atoms with van der Waals surface area (Å²) in [6, 6.07) is 10.3. The van der Waals surface area contributed by atoms with E-state index in [9.17, 15) is 9.18 Å². The van der Waals surface area contributed by atoms with Crippen molar-refractivity contribution < 1.29 is 18.7 Å². The number of methoxy groups -OCH3 is 2. The van der Waals surface area contributed by atoms with E-state index in [0.29, 0.717) is 18.8 Å².